The molecule has 2 fully saturated rings. The normalized spacial score (nSPS) is 20.0. The molecular weight excluding hydrogens is 408 g/mol. The van der Waals surface area contributed by atoms with Gasteiger partial charge in [-0.15, -0.1) is 11.8 Å². The average molecular weight is 433 g/mol. The minimum absolute atomic E-state index is 0.0146. The van der Waals surface area contributed by atoms with Gasteiger partial charge in [0, 0.05) is 22.7 Å². The van der Waals surface area contributed by atoms with Crippen LogP contribution in [0.1, 0.15) is 28.2 Å². The molecule has 7 heteroatoms. The Labute approximate surface area is 185 Å². The summed E-state index contributed by atoms with van der Waals surface area (Å²) < 4.78 is 1.84. The molecule has 2 aliphatic heterocycles. The molecule has 2 aromatic carbocycles. The number of nitrogens with zero attached hydrogens (tertiary/aromatic N) is 4. The lowest BCUT2D eigenvalue weighted by atomic mass is 10.1. The van der Waals surface area contributed by atoms with Crippen molar-refractivity contribution in [3.05, 3.63) is 71.5 Å². The summed E-state index contributed by atoms with van der Waals surface area (Å²) in [5, 5.41) is 4.52. The van der Waals surface area contributed by atoms with E-state index in [1.807, 2.05) is 84.3 Å². The fourth-order valence-electron chi connectivity index (χ4n) is 4.77. The van der Waals surface area contributed by atoms with Crippen LogP contribution in [-0.4, -0.2) is 51.4 Å². The first-order valence-corrected chi connectivity index (χ1v) is 11.6. The van der Waals surface area contributed by atoms with Crippen LogP contribution in [0.3, 0.4) is 0 Å². The zero-order valence-corrected chi connectivity index (χ0v) is 18.6. The van der Waals surface area contributed by atoms with Crippen LogP contribution in [0.5, 0.6) is 0 Å². The molecule has 2 aliphatic rings. The summed E-state index contributed by atoms with van der Waals surface area (Å²) in [4.78, 5) is 31.3. The largest absolute Gasteiger partial charge is 0.324 e. The van der Waals surface area contributed by atoms with E-state index in [2.05, 4.69) is 5.10 Å². The number of aryl methyl sites for hydroxylation is 2. The third-order valence-corrected chi connectivity index (χ3v) is 6.90. The monoisotopic (exact) mass is 432 g/mol. The van der Waals surface area contributed by atoms with Crippen LogP contribution in [0.4, 0.5) is 5.69 Å². The molecule has 0 aliphatic carbocycles. The predicted molar refractivity (Wildman–Crippen MR) is 122 cm³/mol. The van der Waals surface area contributed by atoms with Crippen LogP contribution in [0, 0.1) is 13.8 Å². The number of para-hydroxylation sites is 1. The maximum absolute atomic E-state index is 13.3. The first kappa shape index (κ1) is 19.9. The summed E-state index contributed by atoms with van der Waals surface area (Å²) in [6, 6.07) is 17.1. The number of fused-ring (bicyclic) bond motifs is 2. The Balaban J connectivity index is 1.40. The van der Waals surface area contributed by atoms with Crippen LogP contribution in [0.2, 0.25) is 0 Å². The van der Waals surface area contributed by atoms with E-state index in [-0.39, 0.29) is 17.9 Å². The molecule has 6 nitrogen and oxygen atoms in total. The molecular formula is C24H24N4O2S. The van der Waals surface area contributed by atoms with Gasteiger partial charge in [-0.25, -0.2) is 4.68 Å². The van der Waals surface area contributed by atoms with Gasteiger partial charge >= 0.3 is 0 Å². The zero-order chi connectivity index (χ0) is 21.7. The number of hydrogen-bond donors (Lipinski definition) is 0. The molecule has 0 saturated carbocycles. The molecule has 2 atom stereocenters. The fraction of sp³-hybridized carbons (Fsp3) is 0.292. The van der Waals surface area contributed by atoms with Crippen LogP contribution in [0.15, 0.2) is 59.5 Å². The number of carbonyl (C=O) groups excluding carboxylic acids is 2. The smallest absolute Gasteiger partial charge is 0.254 e. The molecule has 31 heavy (non-hydrogen) atoms. The fourth-order valence-corrected chi connectivity index (χ4v) is 5.36. The van der Waals surface area contributed by atoms with E-state index in [0.717, 1.165) is 27.7 Å². The number of likely N-dealkylation sites (tertiary alicyclic amines) is 1. The Morgan fingerprint density at radius 2 is 1.90 bits per heavy atom. The number of aromatic nitrogens is 2. The number of carbonyl (C=O) groups is 2. The van der Waals surface area contributed by atoms with Gasteiger partial charge in [-0.1, -0.05) is 18.2 Å². The van der Waals surface area contributed by atoms with Gasteiger partial charge in [-0.3, -0.25) is 9.59 Å². The van der Waals surface area contributed by atoms with Crippen molar-refractivity contribution in [2.24, 2.45) is 0 Å². The lowest BCUT2D eigenvalue weighted by Crippen LogP contribution is -2.52. The Bertz CT molecular complexity index is 1190. The Morgan fingerprint density at radius 3 is 2.61 bits per heavy atom. The van der Waals surface area contributed by atoms with Gasteiger partial charge in [0.15, 0.2) is 0 Å². The topological polar surface area (TPSA) is 58.4 Å². The molecule has 0 radical (unpaired) electrons. The highest BCUT2D eigenvalue weighted by molar-refractivity contribution is 7.98. The van der Waals surface area contributed by atoms with Gasteiger partial charge in [0.25, 0.3) is 5.91 Å². The van der Waals surface area contributed by atoms with Gasteiger partial charge in [0.05, 0.1) is 23.1 Å². The molecule has 2 saturated heterocycles. The molecule has 158 valence electrons. The van der Waals surface area contributed by atoms with E-state index < -0.39 is 6.04 Å². The maximum Gasteiger partial charge on any atom is 0.254 e. The van der Waals surface area contributed by atoms with Crippen LogP contribution in [-0.2, 0) is 4.79 Å². The third kappa shape index (κ3) is 3.24. The molecule has 5 rings (SSSR count). The van der Waals surface area contributed by atoms with Crippen molar-refractivity contribution in [2.75, 3.05) is 17.7 Å². The maximum atomic E-state index is 13.3. The van der Waals surface area contributed by atoms with E-state index in [9.17, 15) is 9.59 Å². The number of benzene rings is 2. The average Bonchev–Trinajstić information content (AvgIpc) is 3.45. The van der Waals surface area contributed by atoms with Gasteiger partial charge in [0.2, 0.25) is 5.91 Å². The summed E-state index contributed by atoms with van der Waals surface area (Å²) in [5.74, 6) is -0.0807. The third-order valence-electron chi connectivity index (χ3n) is 6.12. The highest BCUT2D eigenvalue weighted by Crippen LogP contribution is 2.40. The summed E-state index contributed by atoms with van der Waals surface area (Å²) in [5.41, 5.74) is 4.33. The van der Waals surface area contributed by atoms with E-state index in [0.29, 0.717) is 18.5 Å². The standard InChI is InChI=1S/C24H24N4O2S/c1-15-11-16(2)28(25-15)18-8-6-7-17(12-18)23(29)26-14-19-13-21(26)24(30)27(19)20-9-4-5-10-22(20)31-3/h4-12,19,21H,13-14H2,1-3H3/t19-,21-/m0/s1. The number of thioether (sulfide) groups is 1. The van der Waals surface area contributed by atoms with E-state index >= 15 is 0 Å². The minimum Gasteiger partial charge on any atom is -0.324 e. The zero-order valence-electron chi connectivity index (χ0n) is 17.8. The lowest BCUT2D eigenvalue weighted by molar-refractivity contribution is -0.121. The molecule has 2 amide bonds. The lowest BCUT2D eigenvalue weighted by Gasteiger charge is -2.34. The number of piperazine rings is 1. The molecule has 3 heterocycles. The van der Waals surface area contributed by atoms with Crippen molar-refractivity contribution < 1.29 is 9.59 Å². The van der Waals surface area contributed by atoms with E-state index in [1.165, 1.54) is 0 Å². The Morgan fingerprint density at radius 1 is 1.10 bits per heavy atom. The molecule has 0 unspecified atom stereocenters. The SMILES string of the molecule is CSc1ccccc1N1C(=O)[C@@H]2C[C@H]1CN2C(=O)c1cccc(-n2nc(C)cc2C)c1. The predicted octanol–water partition coefficient (Wildman–Crippen LogP) is 3.84. The number of amides is 2. The summed E-state index contributed by atoms with van der Waals surface area (Å²) in [6.45, 7) is 4.50. The van der Waals surface area contributed by atoms with Crippen molar-refractivity contribution in [2.45, 2.75) is 37.2 Å². The van der Waals surface area contributed by atoms with Crippen molar-refractivity contribution in [1.82, 2.24) is 14.7 Å². The second-order valence-electron chi connectivity index (χ2n) is 8.13. The minimum atomic E-state index is -0.398. The Hall–Kier alpha value is -3.06. The van der Waals surface area contributed by atoms with Crippen LogP contribution < -0.4 is 4.90 Å². The van der Waals surface area contributed by atoms with Crippen molar-refractivity contribution in [3.8, 4) is 5.69 Å². The van der Waals surface area contributed by atoms with Gasteiger partial charge in [-0.2, -0.15) is 5.10 Å². The first-order valence-electron chi connectivity index (χ1n) is 10.4. The molecule has 0 spiro atoms. The summed E-state index contributed by atoms with van der Waals surface area (Å²) >= 11 is 1.64. The van der Waals surface area contributed by atoms with E-state index in [4.69, 9.17) is 0 Å². The van der Waals surface area contributed by atoms with Gasteiger partial charge in [-0.05, 0) is 62.9 Å². The highest BCUT2D eigenvalue weighted by Gasteiger charge is 2.52. The van der Waals surface area contributed by atoms with E-state index in [1.54, 1.807) is 16.7 Å². The van der Waals surface area contributed by atoms with Crippen LogP contribution in [0.25, 0.3) is 5.69 Å². The number of anilines is 1. The molecule has 2 bridgehead atoms. The van der Waals surface area contributed by atoms with Crippen molar-refractivity contribution in [1.29, 1.82) is 0 Å². The van der Waals surface area contributed by atoms with Crippen LogP contribution >= 0.6 is 11.8 Å². The number of rotatable bonds is 4. The first-order chi connectivity index (χ1) is 15.0. The summed E-state index contributed by atoms with van der Waals surface area (Å²) in [6.07, 6.45) is 2.70. The molecule has 3 aromatic rings. The number of hydrogen-bond acceptors (Lipinski definition) is 4. The van der Waals surface area contributed by atoms with Crippen molar-refractivity contribution >= 4 is 29.3 Å². The summed E-state index contributed by atoms with van der Waals surface area (Å²) in [7, 11) is 0. The van der Waals surface area contributed by atoms with Gasteiger partial charge in [0.1, 0.15) is 6.04 Å². The molecule has 0 N–H and O–H groups in total. The second kappa shape index (κ2) is 7.57. The molecule has 1 aromatic heterocycles. The van der Waals surface area contributed by atoms with Gasteiger partial charge < -0.3 is 9.80 Å². The second-order valence-corrected chi connectivity index (χ2v) is 8.98. The Kier molecular flexibility index (Phi) is 4.85. The highest BCUT2D eigenvalue weighted by atomic mass is 32.2. The van der Waals surface area contributed by atoms with Crippen molar-refractivity contribution in [3.63, 3.8) is 0 Å². The quantitative estimate of drug-likeness (QED) is 0.588.